The molecule has 0 aliphatic carbocycles. The first-order valence-corrected chi connectivity index (χ1v) is 7.72. The Morgan fingerprint density at radius 1 is 1.40 bits per heavy atom. The third-order valence-corrected chi connectivity index (χ3v) is 3.96. The van der Waals surface area contributed by atoms with E-state index in [9.17, 15) is 4.79 Å². The summed E-state index contributed by atoms with van der Waals surface area (Å²) in [7, 11) is 0. The monoisotopic (exact) mass is 294 g/mol. The van der Waals surface area contributed by atoms with Gasteiger partial charge in [0.1, 0.15) is 0 Å². The largest absolute Gasteiger partial charge is 0.338 e. The van der Waals surface area contributed by atoms with Gasteiger partial charge in [-0.3, -0.25) is 4.79 Å². The highest BCUT2D eigenvalue weighted by Crippen LogP contribution is 2.19. The van der Waals surface area contributed by atoms with Crippen LogP contribution in [-0.4, -0.2) is 36.5 Å². The normalized spacial score (nSPS) is 19.4. The maximum absolute atomic E-state index is 12.5. The molecule has 0 spiro atoms. The molecule has 1 N–H and O–H groups in total. The molecule has 1 heterocycles. The van der Waals surface area contributed by atoms with Crippen molar-refractivity contribution in [2.24, 2.45) is 5.92 Å². The highest BCUT2D eigenvalue weighted by molar-refractivity contribution is 6.30. The van der Waals surface area contributed by atoms with E-state index < -0.39 is 0 Å². The number of hydrogen-bond acceptors (Lipinski definition) is 2. The smallest absolute Gasteiger partial charge is 0.253 e. The lowest BCUT2D eigenvalue weighted by Gasteiger charge is -2.33. The molecule has 4 heteroatoms. The van der Waals surface area contributed by atoms with E-state index in [-0.39, 0.29) is 5.91 Å². The van der Waals surface area contributed by atoms with E-state index in [1.165, 1.54) is 6.42 Å². The zero-order valence-corrected chi connectivity index (χ0v) is 13.0. The van der Waals surface area contributed by atoms with Crippen molar-refractivity contribution in [1.82, 2.24) is 10.2 Å². The average molecular weight is 295 g/mol. The maximum Gasteiger partial charge on any atom is 0.253 e. The molecule has 0 saturated carbocycles. The number of nitrogens with one attached hydrogen (secondary N) is 1. The second-order valence-electron chi connectivity index (χ2n) is 5.83. The predicted molar refractivity (Wildman–Crippen MR) is 83.2 cm³/mol. The fourth-order valence-corrected chi connectivity index (χ4v) is 2.72. The van der Waals surface area contributed by atoms with Crippen molar-refractivity contribution in [3.63, 3.8) is 0 Å². The van der Waals surface area contributed by atoms with E-state index in [1.54, 1.807) is 24.3 Å². The second kappa shape index (κ2) is 7.09. The van der Waals surface area contributed by atoms with Crippen LogP contribution in [0.25, 0.3) is 0 Å². The summed E-state index contributed by atoms with van der Waals surface area (Å²) >= 11 is 5.86. The van der Waals surface area contributed by atoms with E-state index in [2.05, 4.69) is 19.2 Å². The van der Waals surface area contributed by atoms with Gasteiger partial charge in [-0.2, -0.15) is 0 Å². The zero-order valence-electron chi connectivity index (χ0n) is 12.2. The Balaban J connectivity index is 1.94. The molecule has 20 heavy (non-hydrogen) atoms. The van der Waals surface area contributed by atoms with Gasteiger partial charge in [0.15, 0.2) is 0 Å². The zero-order chi connectivity index (χ0) is 14.5. The Labute approximate surface area is 126 Å². The van der Waals surface area contributed by atoms with Crippen molar-refractivity contribution in [2.45, 2.75) is 32.7 Å². The molecule has 2 rings (SSSR count). The fourth-order valence-electron chi connectivity index (χ4n) is 2.59. The Morgan fingerprint density at radius 3 is 2.75 bits per heavy atom. The van der Waals surface area contributed by atoms with Crippen molar-refractivity contribution in [3.8, 4) is 0 Å². The topological polar surface area (TPSA) is 32.3 Å². The Kier molecular flexibility index (Phi) is 5.44. The summed E-state index contributed by atoms with van der Waals surface area (Å²) in [6, 6.07) is 7.66. The Morgan fingerprint density at radius 2 is 2.10 bits per heavy atom. The summed E-state index contributed by atoms with van der Waals surface area (Å²) in [5.41, 5.74) is 0.729. The molecule has 1 aliphatic rings. The van der Waals surface area contributed by atoms with E-state index >= 15 is 0 Å². The first kappa shape index (κ1) is 15.3. The summed E-state index contributed by atoms with van der Waals surface area (Å²) in [6.45, 7) is 7.00. The van der Waals surface area contributed by atoms with Gasteiger partial charge < -0.3 is 10.2 Å². The van der Waals surface area contributed by atoms with Gasteiger partial charge in [0, 0.05) is 29.7 Å². The standard InChI is InChI=1S/C16H23ClN2O/c1-12(2)18-10-13-4-3-9-19(11-13)16(20)14-5-7-15(17)8-6-14/h5-8,12-13,18H,3-4,9-11H2,1-2H3. The molecule has 1 saturated heterocycles. The van der Waals surface area contributed by atoms with Crippen LogP contribution >= 0.6 is 11.6 Å². The predicted octanol–water partition coefficient (Wildman–Crippen LogP) is 3.19. The van der Waals surface area contributed by atoms with Crippen molar-refractivity contribution in [2.75, 3.05) is 19.6 Å². The highest BCUT2D eigenvalue weighted by Gasteiger charge is 2.24. The van der Waals surface area contributed by atoms with E-state index in [4.69, 9.17) is 11.6 Å². The van der Waals surface area contributed by atoms with Crippen molar-refractivity contribution >= 4 is 17.5 Å². The maximum atomic E-state index is 12.5. The van der Waals surface area contributed by atoms with Crippen LogP contribution in [0.4, 0.5) is 0 Å². The lowest BCUT2D eigenvalue weighted by molar-refractivity contribution is 0.0672. The molecule has 1 atom stereocenters. The summed E-state index contributed by atoms with van der Waals surface area (Å²) < 4.78 is 0. The van der Waals surface area contributed by atoms with Gasteiger partial charge in [0.05, 0.1) is 0 Å². The van der Waals surface area contributed by atoms with Crippen LogP contribution in [0.3, 0.4) is 0 Å². The van der Waals surface area contributed by atoms with Crippen molar-refractivity contribution < 1.29 is 4.79 Å². The van der Waals surface area contributed by atoms with Gasteiger partial charge in [-0.1, -0.05) is 25.4 Å². The lowest BCUT2D eigenvalue weighted by Crippen LogP contribution is -2.43. The number of carbonyl (C=O) groups excluding carboxylic acids is 1. The second-order valence-corrected chi connectivity index (χ2v) is 6.27. The Hall–Kier alpha value is -1.06. The fraction of sp³-hybridized carbons (Fsp3) is 0.562. The van der Waals surface area contributed by atoms with Crippen LogP contribution in [-0.2, 0) is 0 Å². The minimum atomic E-state index is 0.121. The summed E-state index contributed by atoms with van der Waals surface area (Å²) in [5, 5.41) is 4.13. The van der Waals surface area contributed by atoms with Gasteiger partial charge >= 0.3 is 0 Å². The van der Waals surface area contributed by atoms with Crippen LogP contribution in [0.2, 0.25) is 5.02 Å². The number of halogens is 1. The number of piperidine rings is 1. The average Bonchev–Trinajstić information content (AvgIpc) is 2.45. The molecule has 0 aromatic heterocycles. The van der Waals surface area contributed by atoms with Gasteiger partial charge in [0.2, 0.25) is 0 Å². The molecular weight excluding hydrogens is 272 g/mol. The quantitative estimate of drug-likeness (QED) is 0.925. The first-order valence-electron chi connectivity index (χ1n) is 7.34. The summed E-state index contributed by atoms with van der Waals surface area (Å²) in [6.07, 6.45) is 2.29. The van der Waals surface area contributed by atoms with Gasteiger partial charge in [-0.25, -0.2) is 0 Å². The van der Waals surface area contributed by atoms with Crippen LogP contribution < -0.4 is 5.32 Å². The van der Waals surface area contributed by atoms with Crippen LogP contribution in [0.15, 0.2) is 24.3 Å². The molecule has 1 fully saturated rings. The minimum Gasteiger partial charge on any atom is -0.338 e. The molecule has 1 amide bonds. The van der Waals surface area contributed by atoms with Crippen molar-refractivity contribution in [3.05, 3.63) is 34.9 Å². The number of carbonyl (C=O) groups is 1. The van der Waals surface area contributed by atoms with Gasteiger partial charge in [-0.05, 0) is 49.6 Å². The number of likely N-dealkylation sites (tertiary alicyclic amines) is 1. The van der Waals surface area contributed by atoms with Gasteiger partial charge in [-0.15, -0.1) is 0 Å². The van der Waals surface area contributed by atoms with Crippen molar-refractivity contribution in [1.29, 1.82) is 0 Å². The molecule has 1 aromatic rings. The third-order valence-electron chi connectivity index (χ3n) is 3.71. The number of rotatable bonds is 4. The molecule has 1 aliphatic heterocycles. The third kappa shape index (κ3) is 4.22. The van der Waals surface area contributed by atoms with E-state index in [0.717, 1.165) is 31.6 Å². The van der Waals surface area contributed by atoms with E-state index in [0.29, 0.717) is 17.0 Å². The SMILES string of the molecule is CC(C)NCC1CCCN(C(=O)c2ccc(Cl)cc2)C1. The molecular formula is C16H23ClN2O. The molecule has 1 aromatic carbocycles. The first-order chi connectivity index (χ1) is 9.56. The number of amides is 1. The van der Waals surface area contributed by atoms with Gasteiger partial charge in [0.25, 0.3) is 5.91 Å². The number of nitrogens with zero attached hydrogens (tertiary/aromatic N) is 1. The highest BCUT2D eigenvalue weighted by atomic mass is 35.5. The summed E-state index contributed by atoms with van der Waals surface area (Å²) in [5.74, 6) is 0.679. The van der Waals surface area contributed by atoms with Crippen LogP contribution in [0.1, 0.15) is 37.0 Å². The minimum absolute atomic E-state index is 0.121. The molecule has 1 unspecified atom stereocenters. The molecule has 0 bridgehead atoms. The molecule has 3 nitrogen and oxygen atoms in total. The van der Waals surface area contributed by atoms with E-state index in [1.807, 2.05) is 4.90 Å². The number of benzene rings is 1. The lowest BCUT2D eigenvalue weighted by atomic mass is 9.97. The molecule has 110 valence electrons. The van der Waals surface area contributed by atoms with Crippen LogP contribution in [0, 0.1) is 5.92 Å². The summed E-state index contributed by atoms with van der Waals surface area (Å²) in [4.78, 5) is 14.4. The molecule has 0 radical (unpaired) electrons. The van der Waals surface area contributed by atoms with Crippen LogP contribution in [0.5, 0.6) is 0 Å². The Bertz CT molecular complexity index is 444. The number of hydrogen-bond donors (Lipinski definition) is 1.